The minimum atomic E-state index is -0.105. The standard InChI is InChI=1S/C46H37N4OS2.Pt/c1-45(2,3)28-22-23-47-40(24-28)50-36-26-31(18-19-32(36)33-20-21-39-41(42(33)50)34-14-7-9-16-37(34)52-39)51-30-13-11-12-29(25-30)48-27-49(46(4,5)6)43-35-15-8-10-17-38(35)53-44(43)48;/h7-24,27H,1-6H3;/q-3;. The molecule has 1 aliphatic rings. The summed E-state index contributed by atoms with van der Waals surface area (Å²) in [5, 5.41) is 7.22. The van der Waals surface area contributed by atoms with Crippen molar-refractivity contribution in [2.45, 2.75) is 52.5 Å². The van der Waals surface area contributed by atoms with Crippen molar-refractivity contribution in [3.8, 4) is 17.3 Å². The molecule has 0 atom stereocenters. The first kappa shape index (κ1) is 35.0. The number of nitrogens with zero attached hydrogens (tertiary/aromatic N) is 4. The Morgan fingerprint density at radius 3 is 2.19 bits per heavy atom. The number of hydrogen-bond acceptors (Lipinski definition) is 6. The van der Waals surface area contributed by atoms with Crippen molar-refractivity contribution in [2.24, 2.45) is 0 Å². The van der Waals surface area contributed by atoms with E-state index in [4.69, 9.17) is 9.72 Å². The van der Waals surface area contributed by atoms with Crippen LogP contribution in [0.15, 0.2) is 109 Å². The second-order valence-electron chi connectivity index (χ2n) is 15.8. The van der Waals surface area contributed by atoms with Gasteiger partial charge in [-0.3, -0.25) is 0 Å². The number of aromatic nitrogens is 2. The first-order valence-corrected chi connectivity index (χ1v) is 19.6. The van der Waals surface area contributed by atoms with E-state index in [0.29, 0.717) is 11.5 Å². The molecule has 5 heterocycles. The van der Waals surface area contributed by atoms with Crippen LogP contribution in [0, 0.1) is 18.8 Å². The zero-order chi connectivity index (χ0) is 36.2. The van der Waals surface area contributed by atoms with Crippen molar-refractivity contribution in [1.29, 1.82) is 0 Å². The van der Waals surface area contributed by atoms with Crippen molar-refractivity contribution in [3.05, 3.63) is 134 Å². The van der Waals surface area contributed by atoms with Crippen LogP contribution in [0.3, 0.4) is 0 Å². The van der Waals surface area contributed by atoms with Gasteiger partial charge in [0.15, 0.2) is 0 Å². The Hall–Kier alpha value is -4.68. The summed E-state index contributed by atoms with van der Waals surface area (Å²) in [4.78, 5) is 9.60. The topological polar surface area (TPSA) is 33.5 Å². The van der Waals surface area contributed by atoms with E-state index in [1.165, 1.54) is 51.9 Å². The Balaban J connectivity index is 0.00000384. The van der Waals surface area contributed by atoms with Gasteiger partial charge in [0, 0.05) is 80.2 Å². The molecule has 0 bridgehead atoms. The Labute approximate surface area is 337 Å². The van der Waals surface area contributed by atoms with Gasteiger partial charge in [-0.1, -0.05) is 68.8 Å². The zero-order valence-electron chi connectivity index (χ0n) is 30.8. The summed E-state index contributed by atoms with van der Waals surface area (Å²) in [5.74, 6) is 2.12. The molecule has 0 amide bonds. The fourth-order valence-corrected chi connectivity index (χ4v) is 9.88. The maximum Gasteiger partial charge on any atom is 0.135 e. The summed E-state index contributed by atoms with van der Waals surface area (Å²) >= 11 is 3.64. The smallest absolute Gasteiger partial charge is 0.135 e. The van der Waals surface area contributed by atoms with Gasteiger partial charge in [-0.25, -0.2) is 4.98 Å². The van der Waals surface area contributed by atoms with Gasteiger partial charge in [-0.2, -0.15) is 18.8 Å². The van der Waals surface area contributed by atoms with Gasteiger partial charge < -0.3 is 19.1 Å². The minimum absolute atomic E-state index is 0. The molecular formula is C46H37N4OPtS2-3. The Morgan fingerprint density at radius 2 is 1.41 bits per heavy atom. The number of rotatable bonds is 4. The third kappa shape index (κ3) is 5.54. The molecule has 1 aliphatic heterocycles. The van der Waals surface area contributed by atoms with E-state index < -0.39 is 0 Å². The summed E-state index contributed by atoms with van der Waals surface area (Å²) in [6.45, 7) is 15.7. The van der Waals surface area contributed by atoms with E-state index in [1.807, 2.05) is 35.7 Å². The number of fused-ring (bicyclic) bond motifs is 10. The number of ether oxygens (including phenoxy) is 1. The maximum atomic E-state index is 6.64. The van der Waals surface area contributed by atoms with Crippen molar-refractivity contribution >= 4 is 91.1 Å². The molecule has 8 heteroatoms. The van der Waals surface area contributed by atoms with E-state index in [2.05, 4.69) is 160 Å². The maximum absolute atomic E-state index is 6.64. The van der Waals surface area contributed by atoms with E-state index in [9.17, 15) is 0 Å². The molecule has 54 heavy (non-hydrogen) atoms. The van der Waals surface area contributed by atoms with Crippen LogP contribution >= 0.6 is 22.7 Å². The van der Waals surface area contributed by atoms with Gasteiger partial charge in [-0.05, 0) is 67.5 Å². The van der Waals surface area contributed by atoms with Gasteiger partial charge in [0.1, 0.15) is 5.82 Å². The van der Waals surface area contributed by atoms with Crippen LogP contribution in [0.4, 0.5) is 16.4 Å². The Bertz CT molecular complexity index is 2910. The van der Waals surface area contributed by atoms with E-state index in [1.54, 1.807) is 11.3 Å². The molecule has 0 saturated heterocycles. The molecule has 9 aromatic rings. The summed E-state index contributed by atoms with van der Waals surface area (Å²) in [6, 6.07) is 43.8. The van der Waals surface area contributed by atoms with Gasteiger partial charge in [0.05, 0.1) is 10.5 Å². The van der Waals surface area contributed by atoms with Crippen LogP contribution in [0.25, 0.3) is 57.9 Å². The van der Waals surface area contributed by atoms with Crippen LogP contribution in [-0.4, -0.2) is 15.1 Å². The molecule has 4 aromatic heterocycles. The van der Waals surface area contributed by atoms with Crippen molar-refractivity contribution in [3.63, 3.8) is 0 Å². The Morgan fingerprint density at radius 1 is 0.685 bits per heavy atom. The molecule has 0 N–H and O–H groups in total. The van der Waals surface area contributed by atoms with Crippen molar-refractivity contribution < 1.29 is 25.8 Å². The summed E-state index contributed by atoms with van der Waals surface area (Å²) in [7, 11) is 0. The van der Waals surface area contributed by atoms with Crippen LogP contribution in [0.2, 0.25) is 0 Å². The number of thiophene rings is 2. The zero-order valence-corrected chi connectivity index (χ0v) is 34.7. The van der Waals surface area contributed by atoms with E-state index >= 15 is 0 Å². The predicted octanol–water partition coefficient (Wildman–Crippen LogP) is 13.3. The first-order valence-electron chi connectivity index (χ1n) is 18.0. The third-order valence-electron chi connectivity index (χ3n) is 10.2. The molecular weight excluding hydrogens is 884 g/mol. The predicted molar refractivity (Wildman–Crippen MR) is 225 cm³/mol. The van der Waals surface area contributed by atoms with Crippen LogP contribution < -0.4 is 14.5 Å². The van der Waals surface area contributed by atoms with Gasteiger partial charge in [-0.15, -0.1) is 64.1 Å². The minimum Gasteiger partial charge on any atom is -0.509 e. The molecule has 0 fully saturated rings. The van der Waals surface area contributed by atoms with Gasteiger partial charge in [0.2, 0.25) is 0 Å². The average Bonchev–Trinajstić information content (AvgIpc) is 3.89. The SMILES string of the molecule is CC(C)(C)c1ccnc(-n2c3[c-]c(Oc4[c-]c(N5[CH-]N(C(C)(C)C)c6c5sc5ccccc65)ccc4)ccc3c3ccc4sc5ccccc5c4c32)c1.[Pt]. The largest absolute Gasteiger partial charge is 0.509 e. The molecule has 0 radical (unpaired) electrons. The van der Waals surface area contributed by atoms with Crippen molar-refractivity contribution in [1.82, 2.24) is 9.55 Å². The molecule has 5 aromatic carbocycles. The molecule has 0 aliphatic carbocycles. The molecule has 0 unspecified atom stereocenters. The normalized spacial score (nSPS) is 13.4. The number of anilines is 3. The second-order valence-corrected chi connectivity index (χ2v) is 17.9. The number of benzene rings is 5. The quantitative estimate of drug-likeness (QED) is 0.165. The van der Waals surface area contributed by atoms with Crippen LogP contribution in [0.5, 0.6) is 11.5 Å². The fourth-order valence-electron chi connectivity index (χ4n) is 7.59. The summed E-state index contributed by atoms with van der Waals surface area (Å²) in [6.07, 6.45) is 1.93. The first-order chi connectivity index (χ1) is 25.5. The molecule has 10 rings (SSSR count). The van der Waals surface area contributed by atoms with Gasteiger partial charge >= 0.3 is 0 Å². The Kier molecular flexibility index (Phi) is 8.24. The van der Waals surface area contributed by atoms with Crippen LogP contribution in [-0.2, 0) is 26.5 Å². The number of hydrogen-bond donors (Lipinski definition) is 0. The fraction of sp³-hybridized carbons (Fsp3) is 0.174. The summed E-state index contributed by atoms with van der Waals surface area (Å²) < 4.78 is 12.7. The van der Waals surface area contributed by atoms with Crippen LogP contribution in [0.1, 0.15) is 47.1 Å². The van der Waals surface area contributed by atoms with E-state index in [0.717, 1.165) is 27.9 Å². The summed E-state index contributed by atoms with van der Waals surface area (Å²) in [5.41, 5.74) is 5.32. The van der Waals surface area contributed by atoms with Crippen molar-refractivity contribution in [2.75, 3.05) is 9.80 Å². The van der Waals surface area contributed by atoms with Gasteiger partial charge in [0.25, 0.3) is 0 Å². The monoisotopic (exact) mass is 920 g/mol. The molecule has 0 spiro atoms. The molecule has 5 nitrogen and oxygen atoms in total. The molecule has 272 valence electrons. The number of pyridine rings is 1. The third-order valence-corrected chi connectivity index (χ3v) is 12.5. The molecule has 0 saturated carbocycles. The average molecular weight is 921 g/mol. The second kappa shape index (κ2) is 12.7. The van der Waals surface area contributed by atoms with E-state index in [-0.39, 0.29) is 32.0 Å².